The Morgan fingerprint density at radius 1 is 1.06 bits per heavy atom. The van der Waals surface area contributed by atoms with Crippen LogP contribution in [-0.4, -0.2) is 39.4 Å². The number of carboxylic acids is 1. The number of rotatable bonds is 5. The molecule has 2 aromatic carbocycles. The number of nitrogens with zero attached hydrogens (tertiary/aromatic N) is 3. The van der Waals surface area contributed by atoms with E-state index >= 15 is 0 Å². The highest BCUT2D eigenvalue weighted by Crippen LogP contribution is 2.43. The zero-order valence-corrected chi connectivity index (χ0v) is 17.9. The Morgan fingerprint density at radius 2 is 1.82 bits per heavy atom. The minimum absolute atomic E-state index is 0.267. The lowest BCUT2D eigenvalue weighted by molar-refractivity contribution is -0.147. The summed E-state index contributed by atoms with van der Waals surface area (Å²) >= 11 is 0. The van der Waals surface area contributed by atoms with Gasteiger partial charge in [-0.2, -0.15) is 0 Å². The first-order valence-corrected chi connectivity index (χ1v) is 10.8. The van der Waals surface area contributed by atoms with Crippen molar-refractivity contribution >= 4 is 5.97 Å². The summed E-state index contributed by atoms with van der Waals surface area (Å²) in [7, 11) is 0. The van der Waals surface area contributed by atoms with Gasteiger partial charge >= 0.3 is 5.97 Å². The Kier molecular flexibility index (Phi) is 4.55. The van der Waals surface area contributed by atoms with Crippen LogP contribution in [0.4, 0.5) is 0 Å². The molecule has 1 saturated heterocycles. The molecule has 0 radical (unpaired) electrons. The summed E-state index contributed by atoms with van der Waals surface area (Å²) in [5, 5.41) is 17.6. The highest BCUT2D eigenvalue weighted by atomic mass is 16.5. The van der Waals surface area contributed by atoms with E-state index in [2.05, 4.69) is 15.2 Å². The largest absolute Gasteiger partial charge is 0.488 e. The molecule has 0 atom stereocenters. The summed E-state index contributed by atoms with van der Waals surface area (Å²) in [6.07, 6.45) is 0. The molecular weight excluding hydrogens is 422 g/mol. The molecule has 0 aliphatic carbocycles. The Hall–Kier alpha value is -3.91. The maximum absolute atomic E-state index is 11.0. The first-order valence-electron chi connectivity index (χ1n) is 10.8. The lowest BCUT2D eigenvalue weighted by atomic mass is 9.97. The Bertz CT molecular complexity index is 1350. The maximum atomic E-state index is 11.0. The van der Waals surface area contributed by atoms with Gasteiger partial charge in [-0.15, -0.1) is 0 Å². The van der Waals surface area contributed by atoms with E-state index in [0.29, 0.717) is 49.1 Å². The van der Waals surface area contributed by atoms with Crippen molar-refractivity contribution in [3.05, 3.63) is 65.2 Å². The van der Waals surface area contributed by atoms with Crippen molar-refractivity contribution in [2.24, 2.45) is 5.92 Å². The molecule has 8 heteroatoms. The molecule has 8 nitrogen and oxygen atoms in total. The van der Waals surface area contributed by atoms with Gasteiger partial charge in [0.05, 0.1) is 17.0 Å². The van der Waals surface area contributed by atoms with E-state index in [1.807, 2.05) is 55.5 Å². The van der Waals surface area contributed by atoms with Gasteiger partial charge in [0, 0.05) is 30.8 Å². The van der Waals surface area contributed by atoms with E-state index in [-0.39, 0.29) is 5.92 Å². The molecule has 33 heavy (non-hydrogen) atoms. The first kappa shape index (κ1) is 19.8. The molecule has 0 unspecified atom stereocenters. The lowest BCUT2D eigenvalue weighted by Gasteiger charge is -2.36. The third-order valence-electron chi connectivity index (χ3n) is 6.35. The number of carbonyl (C=O) groups is 1. The molecule has 2 aromatic heterocycles. The minimum atomic E-state index is -0.730. The Morgan fingerprint density at radius 3 is 2.61 bits per heavy atom. The van der Waals surface area contributed by atoms with Crippen molar-refractivity contribution < 1.29 is 23.7 Å². The molecule has 0 saturated carbocycles. The maximum Gasteiger partial charge on any atom is 0.309 e. The molecule has 166 valence electrons. The fourth-order valence-corrected chi connectivity index (χ4v) is 4.49. The fraction of sp³-hybridized carbons (Fsp3) is 0.240. The predicted molar refractivity (Wildman–Crippen MR) is 118 cm³/mol. The van der Waals surface area contributed by atoms with Crippen LogP contribution in [0.2, 0.25) is 0 Å². The number of benzene rings is 2. The topological polar surface area (TPSA) is 102 Å². The smallest absolute Gasteiger partial charge is 0.309 e. The van der Waals surface area contributed by atoms with Gasteiger partial charge in [0.1, 0.15) is 23.7 Å². The molecule has 2 aliphatic heterocycles. The third kappa shape index (κ3) is 3.30. The highest BCUT2D eigenvalue weighted by molar-refractivity contribution is 5.79. The molecule has 0 bridgehead atoms. The fourth-order valence-electron chi connectivity index (χ4n) is 4.49. The van der Waals surface area contributed by atoms with E-state index in [9.17, 15) is 4.79 Å². The highest BCUT2D eigenvalue weighted by Gasteiger charge is 2.33. The molecule has 0 spiro atoms. The van der Waals surface area contributed by atoms with E-state index in [0.717, 1.165) is 33.6 Å². The summed E-state index contributed by atoms with van der Waals surface area (Å²) in [5.74, 6) is 1.12. The number of aromatic nitrogens is 2. The van der Waals surface area contributed by atoms with E-state index < -0.39 is 5.97 Å². The van der Waals surface area contributed by atoms with Gasteiger partial charge in [0.15, 0.2) is 11.5 Å². The Labute approximate surface area is 189 Å². The molecule has 0 amide bonds. The predicted octanol–water partition coefficient (Wildman–Crippen LogP) is 4.38. The van der Waals surface area contributed by atoms with Gasteiger partial charge in [-0.3, -0.25) is 9.69 Å². The normalized spacial score (nSPS) is 15.4. The van der Waals surface area contributed by atoms with Crippen molar-refractivity contribution in [1.29, 1.82) is 0 Å². The van der Waals surface area contributed by atoms with Crippen LogP contribution < -0.4 is 4.74 Å². The second-order valence-electron chi connectivity index (χ2n) is 8.54. The van der Waals surface area contributed by atoms with Crippen molar-refractivity contribution in [2.75, 3.05) is 13.1 Å². The Balaban J connectivity index is 1.27. The van der Waals surface area contributed by atoms with Gasteiger partial charge in [-0.25, -0.2) is 0 Å². The standard InChI is InChI=1S/C25H21N3O5/c1-14-21(26-32-23(14)16-5-3-2-4-6-16)22-19-13-31-20-9-15(7-8-18(20)24(19)33-27-22)10-28-11-17(12-28)25(29)30/h2-9,17H,10-13H2,1H3,(H,29,30). The van der Waals surface area contributed by atoms with Crippen LogP contribution in [-0.2, 0) is 17.9 Å². The van der Waals surface area contributed by atoms with Crippen LogP contribution >= 0.6 is 0 Å². The number of likely N-dealkylation sites (tertiary alicyclic amines) is 1. The number of hydrogen-bond acceptors (Lipinski definition) is 7. The molecule has 4 aromatic rings. The molecule has 6 rings (SSSR count). The van der Waals surface area contributed by atoms with Gasteiger partial charge in [-0.1, -0.05) is 46.7 Å². The number of ether oxygens (including phenoxy) is 1. The average Bonchev–Trinajstić information content (AvgIpc) is 3.39. The number of carboxylic acid groups (broad SMARTS) is 1. The summed E-state index contributed by atoms with van der Waals surface area (Å²) < 4.78 is 17.5. The SMILES string of the molecule is Cc1c(-c2noc3c2COc2cc(CN4CC(C(=O)O)C4)ccc2-3)noc1-c1ccccc1. The lowest BCUT2D eigenvalue weighted by Crippen LogP contribution is -2.49. The zero-order chi connectivity index (χ0) is 22.5. The zero-order valence-electron chi connectivity index (χ0n) is 17.9. The summed E-state index contributed by atoms with van der Waals surface area (Å²) in [6.45, 7) is 4.12. The van der Waals surface area contributed by atoms with E-state index in [4.69, 9.17) is 18.9 Å². The molecule has 1 fully saturated rings. The van der Waals surface area contributed by atoms with E-state index in [1.165, 1.54) is 0 Å². The van der Waals surface area contributed by atoms with Gasteiger partial charge in [0.2, 0.25) is 0 Å². The quantitative estimate of drug-likeness (QED) is 0.485. The average molecular weight is 443 g/mol. The van der Waals surface area contributed by atoms with Crippen molar-refractivity contribution in [3.63, 3.8) is 0 Å². The first-order chi connectivity index (χ1) is 16.1. The van der Waals surface area contributed by atoms with Crippen LogP contribution in [0.25, 0.3) is 34.0 Å². The van der Waals surface area contributed by atoms with Crippen LogP contribution in [0.3, 0.4) is 0 Å². The number of fused-ring (bicyclic) bond motifs is 3. The second-order valence-corrected chi connectivity index (χ2v) is 8.54. The van der Waals surface area contributed by atoms with Crippen molar-refractivity contribution in [2.45, 2.75) is 20.1 Å². The minimum Gasteiger partial charge on any atom is -0.488 e. The van der Waals surface area contributed by atoms with Gasteiger partial charge in [-0.05, 0) is 24.6 Å². The van der Waals surface area contributed by atoms with Crippen molar-refractivity contribution in [1.82, 2.24) is 15.2 Å². The summed E-state index contributed by atoms with van der Waals surface area (Å²) in [4.78, 5) is 13.1. The van der Waals surface area contributed by atoms with Crippen LogP contribution in [0.1, 0.15) is 16.7 Å². The number of aliphatic carboxylic acids is 1. The third-order valence-corrected chi connectivity index (χ3v) is 6.35. The van der Waals surface area contributed by atoms with E-state index in [1.54, 1.807) is 0 Å². The summed E-state index contributed by atoms with van der Waals surface area (Å²) in [5.41, 5.74) is 5.88. The molecule has 1 N–H and O–H groups in total. The van der Waals surface area contributed by atoms with Crippen molar-refractivity contribution in [3.8, 4) is 39.8 Å². The van der Waals surface area contributed by atoms with Crippen LogP contribution in [0.5, 0.6) is 5.75 Å². The van der Waals surface area contributed by atoms with Gasteiger partial charge in [0.25, 0.3) is 0 Å². The molecular formula is C25H21N3O5. The molecule has 4 heterocycles. The van der Waals surface area contributed by atoms with Crippen LogP contribution in [0, 0.1) is 12.8 Å². The van der Waals surface area contributed by atoms with Crippen LogP contribution in [0.15, 0.2) is 57.6 Å². The number of hydrogen-bond donors (Lipinski definition) is 1. The molecule has 2 aliphatic rings. The monoisotopic (exact) mass is 443 g/mol. The second kappa shape index (κ2) is 7.60. The van der Waals surface area contributed by atoms with Gasteiger partial charge < -0.3 is 18.9 Å². The summed E-state index contributed by atoms with van der Waals surface area (Å²) in [6, 6.07) is 15.8.